The molecule has 7 nitrogen and oxygen atoms in total. The van der Waals surface area contributed by atoms with E-state index in [1.54, 1.807) is 12.1 Å². The highest BCUT2D eigenvalue weighted by Crippen LogP contribution is 2.29. The van der Waals surface area contributed by atoms with Gasteiger partial charge >= 0.3 is 0 Å². The van der Waals surface area contributed by atoms with E-state index >= 15 is 0 Å². The van der Waals surface area contributed by atoms with Crippen LogP contribution in [0.3, 0.4) is 0 Å². The van der Waals surface area contributed by atoms with Gasteiger partial charge in [0.2, 0.25) is 5.91 Å². The molecule has 0 spiro atoms. The van der Waals surface area contributed by atoms with Crippen LogP contribution < -0.4 is 26.8 Å². The van der Waals surface area contributed by atoms with Gasteiger partial charge in [0, 0.05) is 24.4 Å². The molecule has 3 rings (SSSR count). The largest absolute Gasteiger partial charge is 0.370 e. The minimum Gasteiger partial charge on any atom is -0.370 e. The van der Waals surface area contributed by atoms with Crippen molar-refractivity contribution in [2.45, 2.75) is 25.9 Å². The van der Waals surface area contributed by atoms with E-state index in [0.717, 1.165) is 27.9 Å². The molecule has 2 heterocycles. The Morgan fingerprint density at radius 1 is 1.38 bits per heavy atom. The van der Waals surface area contributed by atoms with E-state index < -0.39 is 0 Å². The number of benzene rings is 1. The quantitative estimate of drug-likeness (QED) is 0.615. The van der Waals surface area contributed by atoms with E-state index in [1.165, 1.54) is 23.5 Å². The van der Waals surface area contributed by atoms with Crippen LogP contribution >= 0.6 is 11.3 Å². The molecule has 0 bridgehead atoms. The van der Waals surface area contributed by atoms with Crippen LogP contribution in [0.4, 0.5) is 9.52 Å². The molecule has 1 unspecified atom stereocenters. The molecule has 0 radical (unpaired) electrons. The fourth-order valence-electron chi connectivity index (χ4n) is 2.61. The van der Waals surface area contributed by atoms with Crippen molar-refractivity contribution in [2.24, 2.45) is 5.73 Å². The van der Waals surface area contributed by atoms with Crippen LogP contribution in [0.5, 0.6) is 0 Å². The van der Waals surface area contributed by atoms with Crippen LogP contribution in [0, 0.1) is 5.82 Å². The van der Waals surface area contributed by atoms with Crippen LogP contribution in [0.1, 0.15) is 19.8 Å². The van der Waals surface area contributed by atoms with Gasteiger partial charge in [0.25, 0.3) is 0 Å². The number of allylic oxidation sites excluding steroid dienone is 1. The third-order valence-corrected chi connectivity index (χ3v) is 4.88. The Bertz CT molecular complexity index is 819. The van der Waals surface area contributed by atoms with Gasteiger partial charge in [-0.1, -0.05) is 0 Å². The number of nitrogens with zero attached hydrogens (tertiary/aromatic N) is 2. The smallest absolute Gasteiger partial charge is 0.217 e. The summed E-state index contributed by atoms with van der Waals surface area (Å²) in [4.78, 5) is 17.7. The number of primary amides is 1. The molecule has 1 aliphatic heterocycles. The minimum atomic E-state index is -0.347. The Labute approximate surface area is 155 Å². The second-order valence-corrected chi connectivity index (χ2v) is 6.85. The highest BCUT2D eigenvalue weighted by molar-refractivity contribution is 7.14. The molecule has 5 N–H and O–H groups in total. The van der Waals surface area contributed by atoms with Gasteiger partial charge in [-0.3, -0.25) is 4.79 Å². The lowest BCUT2D eigenvalue weighted by Crippen LogP contribution is -2.55. The first-order chi connectivity index (χ1) is 12.4. The molecule has 1 atom stereocenters. The number of hydrogen-bond acceptors (Lipinski definition) is 7. The van der Waals surface area contributed by atoms with E-state index in [9.17, 15) is 9.18 Å². The summed E-state index contributed by atoms with van der Waals surface area (Å²) < 4.78 is 13.1. The number of amides is 1. The summed E-state index contributed by atoms with van der Waals surface area (Å²) in [5.74, 6) is 0.160. The van der Waals surface area contributed by atoms with Gasteiger partial charge < -0.3 is 21.4 Å². The van der Waals surface area contributed by atoms with Gasteiger partial charge in [-0.2, -0.15) is 0 Å². The molecular weight excluding hydrogens is 355 g/mol. The number of nitrogens with two attached hydrogens (primary N) is 1. The maximum absolute atomic E-state index is 13.1. The maximum Gasteiger partial charge on any atom is 0.217 e. The summed E-state index contributed by atoms with van der Waals surface area (Å²) in [6.45, 7) is 1.96. The standard InChI is InChI=1S/C17H21FN6OS/c1-10-20-13(7-8-15(19)25)16(23-22-10)24(2)17-21-14(9-26-17)11-3-5-12(18)6-4-11/h3-6,9-10,20,22-23H,7-8H2,1-2H3,(H2,19,25). The second kappa shape index (κ2) is 7.71. The van der Waals surface area contributed by atoms with Gasteiger partial charge in [-0.05, 0) is 37.6 Å². The highest BCUT2D eigenvalue weighted by atomic mass is 32.1. The van der Waals surface area contributed by atoms with Crippen LogP contribution in [-0.4, -0.2) is 24.1 Å². The first-order valence-corrected chi connectivity index (χ1v) is 9.06. The SMILES string of the molecule is CC1NNC(N(C)c2nc(-c3ccc(F)cc3)cs2)=C(CCC(N)=O)N1. The summed E-state index contributed by atoms with van der Waals surface area (Å²) in [6, 6.07) is 6.24. The Morgan fingerprint density at radius 3 is 2.81 bits per heavy atom. The van der Waals surface area contributed by atoms with Crippen molar-refractivity contribution in [3.63, 3.8) is 0 Å². The highest BCUT2D eigenvalue weighted by Gasteiger charge is 2.22. The van der Waals surface area contributed by atoms with Gasteiger partial charge in [0.05, 0.1) is 17.6 Å². The molecule has 9 heteroatoms. The monoisotopic (exact) mass is 376 g/mol. The summed E-state index contributed by atoms with van der Waals surface area (Å²) in [5.41, 5.74) is 14.1. The number of thiazole rings is 1. The molecule has 0 saturated carbocycles. The lowest BCUT2D eigenvalue weighted by Gasteiger charge is -2.33. The zero-order chi connectivity index (χ0) is 18.7. The third kappa shape index (κ3) is 4.12. The van der Waals surface area contributed by atoms with Crippen molar-refractivity contribution >= 4 is 22.4 Å². The molecule has 1 aliphatic rings. The van der Waals surface area contributed by atoms with Crippen LogP contribution in [0.2, 0.25) is 0 Å². The van der Waals surface area contributed by atoms with Gasteiger partial charge in [0.1, 0.15) is 11.6 Å². The lowest BCUT2D eigenvalue weighted by molar-refractivity contribution is -0.118. The molecule has 1 aromatic carbocycles. The molecule has 2 aromatic rings. The number of carbonyl (C=O) groups is 1. The number of halogens is 1. The Balaban J connectivity index is 1.84. The number of carbonyl (C=O) groups excluding carboxylic acids is 1. The van der Waals surface area contributed by atoms with Gasteiger partial charge in [-0.25, -0.2) is 14.8 Å². The van der Waals surface area contributed by atoms with E-state index in [1.807, 2.05) is 24.3 Å². The van der Waals surface area contributed by atoms with Crippen molar-refractivity contribution in [2.75, 3.05) is 11.9 Å². The van der Waals surface area contributed by atoms with Crippen LogP contribution in [0.15, 0.2) is 41.2 Å². The average Bonchev–Trinajstić information content (AvgIpc) is 3.10. The number of nitrogens with one attached hydrogen (secondary N) is 3. The van der Waals surface area contributed by atoms with Gasteiger partial charge in [0.15, 0.2) is 5.13 Å². The molecule has 1 amide bonds. The van der Waals surface area contributed by atoms with E-state index in [4.69, 9.17) is 5.73 Å². The molecule has 0 aliphatic carbocycles. The third-order valence-electron chi connectivity index (χ3n) is 3.96. The second-order valence-electron chi connectivity index (χ2n) is 6.01. The number of anilines is 1. The summed E-state index contributed by atoms with van der Waals surface area (Å²) >= 11 is 1.48. The summed E-state index contributed by atoms with van der Waals surface area (Å²) in [6.07, 6.45) is 0.776. The Kier molecular flexibility index (Phi) is 5.38. The molecule has 0 saturated heterocycles. The first-order valence-electron chi connectivity index (χ1n) is 8.19. The molecule has 1 aromatic heterocycles. The summed E-state index contributed by atoms with van der Waals surface area (Å²) in [5, 5.41) is 6.00. The normalized spacial score (nSPS) is 16.8. The zero-order valence-corrected chi connectivity index (χ0v) is 15.4. The van der Waals surface area contributed by atoms with Crippen LogP contribution in [-0.2, 0) is 4.79 Å². The predicted molar refractivity (Wildman–Crippen MR) is 100 cm³/mol. The Morgan fingerprint density at radius 2 is 2.12 bits per heavy atom. The van der Waals surface area contributed by atoms with Crippen molar-refractivity contribution < 1.29 is 9.18 Å². The van der Waals surface area contributed by atoms with Crippen LogP contribution in [0.25, 0.3) is 11.3 Å². The number of hydrogen-bond donors (Lipinski definition) is 4. The lowest BCUT2D eigenvalue weighted by atomic mass is 10.2. The number of hydrazine groups is 1. The molecule has 0 fully saturated rings. The average molecular weight is 376 g/mol. The first kappa shape index (κ1) is 18.2. The van der Waals surface area contributed by atoms with Crippen molar-refractivity contribution in [3.8, 4) is 11.3 Å². The van der Waals surface area contributed by atoms with E-state index in [-0.39, 0.29) is 24.3 Å². The predicted octanol–water partition coefficient (Wildman–Crippen LogP) is 1.86. The fourth-order valence-corrected chi connectivity index (χ4v) is 3.42. The molecule has 26 heavy (non-hydrogen) atoms. The van der Waals surface area contributed by atoms with E-state index in [0.29, 0.717) is 6.42 Å². The maximum atomic E-state index is 13.1. The van der Waals surface area contributed by atoms with Crippen molar-refractivity contribution in [3.05, 3.63) is 47.0 Å². The number of rotatable bonds is 6. The van der Waals surface area contributed by atoms with Crippen molar-refractivity contribution in [1.82, 2.24) is 21.2 Å². The zero-order valence-electron chi connectivity index (χ0n) is 14.5. The van der Waals surface area contributed by atoms with Gasteiger partial charge in [-0.15, -0.1) is 11.3 Å². The topological polar surface area (TPSA) is 95.3 Å². The van der Waals surface area contributed by atoms with E-state index in [2.05, 4.69) is 21.2 Å². The molecule has 138 valence electrons. The minimum absolute atomic E-state index is 0.0149. The number of aromatic nitrogens is 1. The van der Waals surface area contributed by atoms with Crippen molar-refractivity contribution in [1.29, 1.82) is 0 Å². The summed E-state index contributed by atoms with van der Waals surface area (Å²) in [7, 11) is 1.89. The molecular formula is C17H21FN6OS. The Hall–Kier alpha value is -2.65. The fraction of sp³-hybridized carbons (Fsp3) is 0.294.